The predicted molar refractivity (Wildman–Crippen MR) is 66.0 cm³/mol. The summed E-state index contributed by atoms with van der Waals surface area (Å²) in [7, 11) is 0. The van der Waals surface area contributed by atoms with E-state index in [9.17, 15) is 4.39 Å². The van der Waals surface area contributed by atoms with E-state index in [1.54, 1.807) is 6.07 Å². The molecular weight excluding hydrogens is 269 g/mol. The van der Waals surface area contributed by atoms with Gasteiger partial charge in [0.15, 0.2) is 0 Å². The van der Waals surface area contributed by atoms with Gasteiger partial charge in [0.25, 0.3) is 0 Å². The maximum absolute atomic E-state index is 13.7. The molecule has 2 unspecified atom stereocenters. The van der Waals surface area contributed by atoms with E-state index in [4.69, 9.17) is 0 Å². The van der Waals surface area contributed by atoms with Crippen molar-refractivity contribution in [1.82, 2.24) is 5.32 Å². The minimum atomic E-state index is -0.0618. The molecule has 1 aromatic carbocycles. The Morgan fingerprint density at radius 1 is 1.38 bits per heavy atom. The molecule has 0 aromatic heterocycles. The zero-order chi connectivity index (χ0) is 11.1. The third-order valence-corrected chi connectivity index (χ3v) is 4.02. The van der Waals surface area contributed by atoms with Crippen molar-refractivity contribution in [3.8, 4) is 0 Å². The minimum absolute atomic E-state index is 0.0618. The second kappa shape index (κ2) is 4.11. The molecule has 0 saturated heterocycles. The standard InChI is InChI=1S/C13H15BrFN/c14-9-1-4-11(13(15)6-9)12-5-8(12)7-16-10-2-3-10/h1,4,6,8,10,12,16H,2-3,5,7H2. The maximum atomic E-state index is 13.7. The first kappa shape index (κ1) is 10.7. The Kier molecular flexibility index (Phi) is 2.76. The van der Waals surface area contributed by atoms with Crippen molar-refractivity contribution in [2.45, 2.75) is 31.2 Å². The van der Waals surface area contributed by atoms with E-state index in [0.29, 0.717) is 11.8 Å². The molecule has 0 heterocycles. The van der Waals surface area contributed by atoms with Gasteiger partial charge < -0.3 is 5.32 Å². The van der Waals surface area contributed by atoms with E-state index in [0.717, 1.165) is 29.0 Å². The number of halogens is 2. The molecule has 2 aliphatic rings. The van der Waals surface area contributed by atoms with E-state index in [1.807, 2.05) is 12.1 Å². The van der Waals surface area contributed by atoms with Gasteiger partial charge in [-0.15, -0.1) is 0 Å². The SMILES string of the molecule is Fc1cc(Br)ccc1C1CC1CNC1CC1. The third-order valence-electron chi connectivity index (χ3n) is 3.53. The zero-order valence-electron chi connectivity index (χ0n) is 9.05. The van der Waals surface area contributed by atoms with Crippen molar-refractivity contribution in [3.05, 3.63) is 34.1 Å². The molecule has 1 aromatic rings. The van der Waals surface area contributed by atoms with Crippen LogP contribution in [0.15, 0.2) is 22.7 Å². The molecule has 3 rings (SSSR count). The fourth-order valence-corrected chi connectivity index (χ4v) is 2.59. The van der Waals surface area contributed by atoms with Gasteiger partial charge in [0.2, 0.25) is 0 Å². The van der Waals surface area contributed by atoms with Crippen molar-refractivity contribution in [3.63, 3.8) is 0 Å². The number of hydrogen-bond acceptors (Lipinski definition) is 1. The van der Waals surface area contributed by atoms with Crippen LogP contribution in [0.4, 0.5) is 4.39 Å². The van der Waals surface area contributed by atoms with Crippen LogP contribution in [0.2, 0.25) is 0 Å². The van der Waals surface area contributed by atoms with Gasteiger partial charge >= 0.3 is 0 Å². The number of rotatable bonds is 4. The van der Waals surface area contributed by atoms with Crippen molar-refractivity contribution in [2.75, 3.05) is 6.54 Å². The van der Waals surface area contributed by atoms with E-state index in [1.165, 1.54) is 12.8 Å². The van der Waals surface area contributed by atoms with Gasteiger partial charge in [-0.25, -0.2) is 4.39 Å². The molecule has 0 radical (unpaired) electrons. The lowest BCUT2D eigenvalue weighted by Gasteiger charge is -2.04. The first-order chi connectivity index (χ1) is 7.74. The molecule has 3 heteroatoms. The van der Waals surface area contributed by atoms with Gasteiger partial charge in [-0.2, -0.15) is 0 Å². The average Bonchev–Trinajstić information content (AvgIpc) is 3.11. The molecular formula is C13H15BrFN. The Balaban J connectivity index is 1.61. The monoisotopic (exact) mass is 283 g/mol. The highest BCUT2D eigenvalue weighted by atomic mass is 79.9. The molecule has 0 amide bonds. The second-order valence-corrected chi connectivity index (χ2v) is 5.87. The van der Waals surface area contributed by atoms with Gasteiger partial charge in [0, 0.05) is 10.5 Å². The zero-order valence-corrected chi connectivity index (χ0v) is 10.6. The summed E-state index contributed by atoms with van der Waals surface area (Å²) in [5, 5.41) is 3.52. The molecule has 16 heavy (non-hydrogen) atoms. The Bertz CT molecular complexity index is 403. The Hall–Kier alpha value is -0.410. The highest BCUT2D eigenvalue weighted by molar-refractivity contribution is 9.10. The van der Waals surface area contributed by atoms with Crippen molar-refractivity contribution < 1.29 is 4.39 Å². The predicted octanol–water partition coefficient (Wildman–Crippen LogP) is 3.44. The van der Waals surface area contributed by atoms with Crippen LogP contribution >= 0.6 is 15.9 Å². The van der Waals surface area contributed by atoms with Crippen LogP contribution in [-0.4, -0.2) is 12.6 Å². The maximum Gasteiger partial charge on any atom is 0.127 e. The number of benzene rings is 1. The molecule has 2 atom stereocenters. The molecule has 1 N–H and O–H groups in total. The Morgan fingerprint density at radius 3 is 2.88 bits per heavy atom. The summed E-state index contributed by atoms with van der Waals surface area (Å²) in [6.45, 7) is 1.06. The van der Waals surface area contributed by atoms with Crippen LogP contribution in [0, 0.1) is 11.7 Å². The summed E-state index contributed by atoms with van der Waals surface area (Å²) in [6.07, 6.45) is 3.78. The summed E-state index contributed by atoms with van der Waals surface area (Å²) in [5.74, 6) is 1.03. The topological polar surface area (TPSA) is 12.0 Å². The molecule has 2 fully saturated rings. The fourth-order valence-electron chi connectivity index (χ4n) is 2.26. The molecule has 0 aliphatic heterocycles. The van der Waals surface area contributed by atoms with E-state index < -0.39 is 0 Å². The summed E-state index contributed by atoms with van der Waals surface area (Å²) in [6, 6.07) is 6.18. The summed E-state index contributed by atoms with van der Waals surface area (Å²) >= 11 is 3.29. The normalized spacial score (nSPS) is 28.1. The molecule has 0 spiro atoms. The minimum Gasteiger partial charge on any atom is -0.314 e. The molecule has 1 nitrogen and oxygen atoms in total. The third kappa shape index (κ3) is 2.30. The lowest BCUT2D eigenvalue weighted by atomic mass is 10.1. The largest absolute Gasteiger partial charge is 0.314 e. The second-order valence-electron chi connectivity index (χ2n) is 4.95. The van der Waals surface area contributed by atoms with Crippen LogP contribution in [0.5, 0.6) is 0 Å². The van der Waals surface area contributed by atoms with Crippen molar-refractivity contribution in [1.29, 1.82) is 0 Å². The molecule has 2 saturated carbocycles. The van der Waals surface area contributed by atoms with Crippen LogP contribution in [0.25, 0.3) is 0 Å². The first-order valence-corrected chi connectivity index (χ1v) is 6.71. The van der Waals surface area contributed by atoms with Crippen LogP contribution < -0.4 is 5.32 Å². The van der Waals surface area contributed by atoms with Crippen LogP contribution in [0.1, 0.15) is 30.7 Å². The molecule has 0 bridgehead atoms. The number of nitrogens with one attached hydrogen (secondary N) is 1. The summed E-state index contributed by atoms with van der Waals surface area (Å²) < 4.78 is 14.5. The lowest BCUT2D eigenvalue weighted by Crippen LogP contribution is -2.19. The highest BCUT2D eigenvalue weighted by Crippen LogP contribution is 2.48. The lowest BCUT2D eigenvalue weighted by molar-refractivity contribution is 0.591. The van der Waals surface area contributed by atoms with Gasteiger partial charge in [-0.3, -0.25) is 0 Å². The van der Waals surface area contributed by atoms with Gasteiger partial charge in [0.1, 0.15) is 5.82 Å². The van der Waals surface area contributed by atoms with Crippen LogP contribution in [0.3, 0.4) is 0 Å². The highest BCUT2D eigenvalue weighted by Gasteiger charge is 2.40. The van der Waals surface area contributed by atoms with E-state index >= 15 is 0 Å². The summed E-state index contributed by atoms with van der Waals surface area (Å²) in [4.78, 5) is 0. The van der Waals surface area contributed by atoms with Crippen molar-refractivity contribution in [2.24, 2.45) is 5.92 Å². The summed E-state index contributed by atoms with van der Waals surface area (Å²) in [5.41, 5.74) is 0.894. The van der Waals surface area contributed by atoms with E-state index in [2.05, 4.69) is 21.2 Å². The van der Waals surface area contributed by atoms with Gasteiger partial charge in [0.05, 0.1) is 0 Å². The number of hydrogen-bond donors (Lipinski definition) is 1. The Morgan fingerprint density at radius 2 is 2.19 bits per heavy atom. The first-order valence-electron chi connectivity index (χ1n) is 5.92. The van der Waals surface area contributed by atoms with Gasteiger partial charge in [-0.1, -0.05) is 22.0 Å². The Labute approximate surface area is 104 Å². The van der Waals surface area contributed by atoms with Gasteiger partial charge in [-0.05, 0) is 55.3 Å². The molecule has 2 aliphatic carbocycles. The molecule has 86 valence electrons. The van der Waals surface area contributed by atoms with Crippen LogP contribution in [-0.2, 0) is 0 Å². The smallest absolute Gasteiger partial charge is 0.127 e. The quantitative estimate of drug-likeness (QED) is 0.893. The average molecular weight is 284 g/mol. The van der Waals surface area contributed by atoms with E-state index in [-0.39, 0.29) is 5.82 Å². The van der Waals surface area contributed by atoms with Crippen molar-refractivity contribution >= 4 is 15.9 Å². The fraction of sp³-hybridized carbons (Fsp3) is 0.538.